The Morgan fingerprint density at radius 2 is 1.71 bits per heavy atom. The number of carbonyl (C=O) groups is 1. The summed E-state index contributed by atoms with van der Waals surface area (Å²) in [6.07, 6.45) is 2.46. The Balaban J connectivity index is 1.65. The van der Waals surface area contributed by atoms with Gasteiger partial charge in [-0.1, -0.05) is 0 Å². The zero-order valence-corrected chi connectivity index (χ0v) is 15.2. The van der Waals surface area contributed by atoms with E-state index in [4.69, 9.17) is 0 Å². The number of hydrogen-bond acceptors (Lipinski definition) is 4. The summed E-state index contributed by atoms with van der Waals surface area (Å²) in [5, 5.41) is 5.44. The highest BCUT2D eigenvalue weighted by molar-refractivity contribution is 7.89. The summed E-state index contributed by atoms with van der Waals surface area (Å²) in [7, 11) is -3.84. The molecule has 148 valence electrons. The van der Waals surface area contributed by atoms with E-state index in [1.165, 1.54) is 18.2 Å². The molecule has 2 atom stereocenters. The summed E-state index contributed by atoms with van der Waals surface area (Å²) >= 11 is 0. The molecule has 2 aromatic carbocycles. The van der Waals surface area contributed by atoms with Crippen molar-refractivity contribution >= 4 is 27.3 Å². The van der Waals surface area contributed by atoms with E-state index in [0.717, 1.165) is 19.3 Å². The molecule has 6 nitrogen and oxygen atoms in total. The van der Waals surface area contributed by atoms with Crippen molar-refractivity contribution in [1.82, 2.24) is 4.72 Å². The van der Waals surface area contributed by atoms with Crippen LogP contribution in [-0.4, -0.2) is 26.4 Å². The van der Waals surface area contributed by atoms with Gasteiger partial charge in [-0.05, 0) is 37.5 Å². The van der Waals surface area contributed by atoms with E-state index in [1.54, 1.807) is 0 Å². The molecular weight excluding hydrogens is 395 g/mol. The first-order valence-electron chi connectivity index (χ1n) is 8.63. The number of hydrogen-bond donors (Lipinski definition) is 3. The third kappa shape index (κ3) is 3.33. The fourth-order valence-electron chi connectivity index (χ4n) is 3.57. The predicted molar refractivity (Wildman–Crippen MR) is 96.1 cm³/mol. The van der Waals surface area contributed by atoms with Crippen LogP contribution in [0.1, 0.15) is 29.6 Å². The lowest BCUT2D eigenvalue weighted by atomic mass is 10.1. The van der Waals surface area contributed by atoms with Crippen LogP contribution in [0.25, 0.3) is 0 Å². The third-order valence-corrected chi connectivity index (χ3v) is 6.47. The van der Waals surface area contributed by atoms with E-state index >= 15 is 0 Å². The molecule has 1 amide bonds. The summed E-state index contributed by atoms with van der Waals surface area (Å²) in [5.41, 5.74) is 0.0745. The van der Waals surface area contributed by atoms with Crippen molar-refractivity contribution < 1.29 is 26.4 Å². The average molecular weight is 411 g/mol. The Labute approximate surface area is 159 Å². The zero-order valence-electron chi connectivity index (χ0n) is 14.4. The molecular formula is C18H16F3N3O3S. The Kier molecular flexibility index (Phi) is 4.54. The number of benzene rings is 2. The summed E-state index contributed by atoms with van der Waals surface area (Å²) in [5.74, 6) is -5.32. The van der Waals surface area contributed by atoms with Gasteiger partial charge in [-0.2, -0.15) is 0 Å². The van der Waals surface area contributed by atoms with Crippen LogP contribution < -0.4 is 15.4 Å². The van der Waals surface area contributed by atoms with Gasteiger partial charge in [0.1, 0.15) is 4.90 Å². The summed E-state index contributed by atoms with van der Waals surface area (Å²) in [6, 6.07) is 5.11. The van der Waals surface area contributed by atoms with E-state index in [0.29, 0.717) is 17.8 Å². The molecule has 2 aromatic rings. The molecule has 1 aliphatic carbocycles. The van der Waals surface area contributed by atoms with Gasteiger partial charge >= 0.3 is 0 Å². The lowest BCUT2D eigenvalue weighted by Crippen LogP contribution is -2.40. The van der Waals surface area contributed by atoms with Crippen molar-refractivity contribution in [2.45, 2.75) is 36.2 Å². The summed E-state index contributed by atoms with van der Waals surface area (Å²) in [6.45, 7) is 0. The van der Waals surface area contributed by atoms with Gasteiger partial charge in [0.2, 0.25) is 10.0 Å². The second kappa shape index (κ2) is 6.78. The third-order valence-electron chi connectivity index (χ3n) is 4.94. The number of halogens is 3. The Morgan fingerprint density at radius 1 is 1.04 bits per heavy atom. The van der Waals surface area contributed by atoms with Crippen molar-refractivity contribution in [3.05, 3.63) is 53.3 Å². The molecule has 3 N–H and O–H groups in total. The zero-order chi connectivity index (χ0) is 20.1. The standard InChI is InChI=1S/C18H16F3N3O3S/c19-11-7-10(8-12(20)17(11)21)22-18(25)9-4-5-15-16(6-9)28(26,27)24-14-3-1-2-13(14)23-15/h4-8,13-14,23-24H,1-3H2,(H,22,25)/t13-,14+/m0/s1. The molecule has 0 saturated heterocycles. The van der Waals surface area contributed by atoms with Gasteiger partial charge in [-0.15, -0.1) is 0 Å². The van der Waals surface area contributed by atoms with Gasteiger partial charge in [0.15, 0.2) is 17.5 Å². The Morgan fingerprint density at radius 3 is 2.43 bits per heavy atom. The maximum absolute atomic E-state index is 13.3. The van der Waals surface area contributed by atoms with Crippen LogP contribution in [0.5, 0.6) is 0 Å². The number of rotatable bonds is 2. The molecule has 1 aliphatic heterocycles. The van der Waals surface area contributed by atoms with E-state index < -0.39 is 33.4 Å². The van der Waals surface area contributed by atoms with Crippen LogP contribution in [-0.2, 0) is 10.0 Å². The predicted octanol–water partition coefficient (Wildman–Crippen LogP) is 2.98. The van der Waals surface area contributed by atoms with Crippen LogP contribution in [0.2, 0.25) is 0 Å². The number of amides is 1. The van der Waals surface area contributed by atoms with Gasteiger partial charge in [0.05, 0.1) is 5.69 Å². The Hall–Kier alpha value is -2.59. The molecule has 2 aliphatic rings. The minimum absolute atomic E-state index is 0.0249. The largest absolute Gasteiger partial charge is 0.380 e. The first-order valence-corrected chi connectivity index (χ1v) is 10.1. The SMILES string of the molecule is O=C(Nc1cc(F)c(F)c(F)c1)c1ccc2c(c1)S(=O)(=O)N[C@@H]1CCC[C@@H]1N2. The molecule has 28 heavy (non-hydrogen) atoms. The van der Waals surface area contributed by atoms with E-state index in [-0.39, 0.29) is 28.2 Å². The quantitative estimate of drug-likeness (QED) is 0.663. The highest BCUT2D eigenvalue weighted by Gasteiger charge is 2.36. The Bertz CT molecular complexity index is 1050. The lowest BCUT2D eigenvalue weighted by molar-refractivity contribution is 0.102. The number of nitrogens with one attached hydrogen (secondary N) is 3. The number of carbonyl (C=O) groups excluding carboxylic acids is 1. The van der Waals surface area contributed by atoms with E-state index in [2.05, 4.69) is 15.4 Å². The highest BCUT2D eigenvalue weighted by Crippen LogP contribution is 2.32. The van der Waals surface area contributed by atoms with E-state index in [9.17, 15) is 26.4 Å². The maximum Gasteiger partial charge on any atom is 0.255 e. The molecule has 1 saturated carbocycles. The van der Waals surface area contributed by atoms with Gasteiger partial charge in [0.25, 0.3) is 5.91 Å². The monoisotopic (exact) mass is 411 g/mol. The second-order valence-electron chi connectivity index (χ2n) is 6.83. The summed E-state index contributed by atoms with van der Waals surface area (Å²) < 4.78 is 67.7. The molecule has 0 bridgehead atoms. The highest BCUT2D eigenvalue weighted by atomic mass is 32.2. The summed E-state index contributed by atoms with van der Waals surface area (Å²) in [4.78, 5) is 12.3. The molecule has 4 rings (SSSR count). The minimum Gasteiger partial charge on any atom is -0.380 e. The second-order valence-corrected chi connectivity index (χ2v) is 8.51. The molecule has 1 heterocycles. The van der Waals surface area contributed by atoms with Crippen molar-refractivity contribution in [2.24, 2.45) is 0 Å². The normalized spacial score (nSPS) is 22.5. The molecule has 1 fully saturated rings. The molecule has 0 unspecified atom stereocenters. The maximum atomic E-state index is 13.3. The molecule has 0 radical (unpaired) electrons. The van der Waals surface area contributed by atoms with Crippen molar-refractivity contribution in [3.63, 3.8) is 0 Å². The average Bonchev–Trinajstić information content (AvgIpc) is 3.01. The van der Waals surface area contributed by atoms with Gasteiger partial charge in [-0.3, -0.25) is 4.79 Å². The van der Waals surface area contributed by atoms with Crippen LogP contribution in [0, 0.1) is 17.5 Å². The molecule has 10 heteroatoms. The van der Waals surface area contributed by atoms with Crippen LogP contribution in [0.4, 0.5) is 24.5 Å². The van der Waals surface area contributed by atoms with Gasteiger partial charge in [-0.25, -0.2) is 26.3 Å². The fraction of sp³-hybridized carbons (Fsp3) is 0.278. The van der Waals surface area contributed by atoms with Crippen LogP contribution >= 0.6 is 0 Å². The number of fused-ring (bicyclic) bond motifs is 2. The first-order chi connectivity index (χ1) is 13.2. The van der Waals surface area contributed by atoms with Crippen molar-refractivity contribution in [3.8, 4) is 0 Å². The fourth-order valence-corrected chi connectivity index (χ4v) is 5.08. The topological polar surface area (TPSA) is 87.3 Å². The molecule has 0 spiro atoms. The van der Waals surface area contributed by atoms with Crippen molar-refractivity contribution in [2.75, 3.05) is 10.6 Å². The van der Waals surface area contributed by atoms with Crippen LogP contribution in [0.3, 0.4) is 0 Å². The van der Waals surface area contributed by atoms with Gasteiger partial charge in [0, 0.05) is 35.5 Å². The minimum atomic E-state index is -3.84. The van der Waals surface area contributed by atoms with E-state index in [1.807, 2.05) is 0 Å². The first kappa shape index (κ1) is 18.8. The molecule has 0 aromatic heterocycles. The van der Waals surface area contributed by atoms with Crippen LogP contribution in [0.15, 0.2) is 35.2 Å². The van der Waals surface area contributed by atoms with Crippen molar-refractivity contribution in [1.29, 1.82) is 0 Å². The lowest BCUT2D eigenvalue weighted by Gasteiger charge is -2.17. The smallest absolute Gasteiger partial charge is 0.255 e. The van der Waals surface area contributed by atoms with Gasteiger partial charge < -0.3 is 10.6 Å². The number of sulfonamides is 1. The number of anilines is 2.